The molecule has 0 saturated carbocycles. The van der Waals surface area contributed by atoms with Crippen LogP contribution in [-0.2, 0) is 13.0 Å². The lowest BCUT2D eigenvalue weighted by Gasteiger charge is -2.06. The fourth-order valence-corrected chi connectivity index (χ4v) is 1.63. The number of halogens is 1. The molecule has 0 aliphatic rings. The molecule has 1 heterocycles. The molecule has 0 aliphatic carbocycles. The van der Waals surface area contributed by atoms with Gasteiger partial charge < -0.3 is 5.73 Å². The van der Waals surface area contributed by atoms with E-state index in [0.29, 0.717) is 12.2 Å². The second kappa shape index (κ2) is 4.40. The molecule has 16 heavy (non-hydrogen) atoms. The fourth-order valence-electron chi connectivity index (χ4n) is 1.63. The lowest BCUT2D eigenvalue weighted by molar-refractivity contribution is 0.602. The average Bonchev–Trinajstić information content (AvgIpc) is 2.72. The third-order valence-electron chi connectivity index (χ3n) is 2.45. The highest BCUT2D eigenvalue weighted by molar-refractivity contribution is 5.34. The van der Waals surface area contributed by atoms with Crippen LogP contribution < -0.4 is 5.73 Å². The van der Waals surface area contributed by atoms with Crippen molar-refractivity contribution in [1.82, 2.24) is 15.0 Å². The van der Waals surface area contributed by atoms with Crippen molar-refractivity contribution in [2.75, 3.05) is 0 Å². The van der Waals surface area contributed by atoms with Crippen molar-refractivity contribution in [3.8, 4) is 5.69 Å². The smallest absolute Gasteiger partial charge is 0.148 e. The molecule has 5 heteroatoms. The Bertz CT molecular complexity index is 492. The van der Waals surface area contributed by atoms with E-state index in [1.54, 1.807) is 18.2 Å². The van der Waals surface area contributed by atoms with Crippen LogP contribution in [0.15, 0.2) is 24.3 Å². The molecular formula is C11H13FN4. The Kier molecular flexibility index (Phi) is 2.96. The van der Waals surface area contributed by atoms with Gasteiger partial charge in [-0.15, -0.1) is 5.10 Å². The third kappa shape index (κ3) is 1.69. The first-order valence-electron chi connectivity index (χ1n) is 5.16. The maximum Gasteiger partial charge on any atom is 0.148 e. The summed E-state index contributed by atoms with van der Waals surface area (Å²) in [6.45, 7) is 2.26. The summed E-state index contributed by atoms with van der Waals surface area (Å²) >= 11 is 0. The summed E-state index contributed by atoms with van der Waals surface area (Å²) in [5.41, 5.74) is 7.59. The number of para-hydroxylation sites is 1. The Labute approximate surface area is 92.9 Å². The summed E-state index contributed by atoms with van der Waals surface area (Å²) in [7, 11) is 0. The molecule has 0 atom stereocenters. The zero-order valence-electron chi connectivity index (χ0n) is 9.02. The van der Waals surface area contributed by atoms with Gasteiger partial charge in [0.1, 0.15) is 11.5 Å². The van der Waals surface area contributed by atoms with Gasteiger partial charge in [0.25, 0.3) is 0 Å². The summed E-state index contributed by atoms with van der Waals surface area (Å²) in [6.07, 6.45) is 0.737. The van der Waals surface area contributed by atoms with Gasteiger partial charge in [-0.1, -0.05) is 24.3 Å². The number of benzene rings is 1. The molecule has 0 amide bonds. The molecule has 0 saturated heterocycles. The topological polar surface area (TPSA) is 56.7 Å². The normalized spacial score (nSPS) is 10.7. The molecular weight excluding hydrogens is 207 g/mol. The zero-order chi connectivity index (χ0) is 11.5. The van der Waals surface area contributed by atoms with Crippen LogP contribution in [0, 0.1) is 5.82 Å². The van der Waals surface area contributed by atoms with E-state index in [0.717, 1.165) is 17.8 Å². The number of aryl methyl sites for hydroxylation is 1. The second-order valence-electron chi connectivity index (χ2n) is 3.40. The highest BCUT2D eigenvalue weighted by Crippen LogP contribution is 2.15. The minimum Gasteiger partial charge on any atom is -0.325 e. The lowest BCUT2D eigenvalue weighted by atomic mass is 10.2. The molecule has 2 N–H and O–H groups in total. The van der Waals surface area contributed by atoms with Crippen molar-refractivity contribution in [1.29, 1.82) is 0 Å². The summed E-state index contributed by atoms with van der Waals surface area (Å²) in [5.74, 6) is -0.329. The highest BCUT2D eigenvalue weighted by atomic mass is 19.1. The molecule has 0 spiro atoms. The third-order valence-corrected chi connectivity index (χ3v) is 2.45. The van der Waals surface area contributed by atoms with E-state index in [2.05, 4.69) is 10.3 Å². The first-order chi connectivity index (χ1) is 7.77. The molecule has 1 aromatic carbocycles. The van der Waals surface area contributed by atoms with Gasteiger partial charge in [-0.05, 0) is 18.6 Å². The molecule has 84 valence electrons. The van der Waals surface area contributed by atoms with Gasteiger partial charge in [0.15, 0.2) is 0 Å². The summed E-state index contributed by atoms with van der Waals surface area (Å²) in [5, 5.41) is 7.92. The molecule has 2 rings (SSSR count). The van der Waals surface area contributed by atoms with Crippen LogP contribution in [0.4, 0.5) is 4.39 Å². The fraction of sp³-hybridized carbons (Fsp3) is 0.273. The van der Waals surface area contributed by atoms with Crippen molar-refractivity contribution in [2.24, 2.45) is 5.73 Å². The predicted molar refractivity (Wildman–Crippen MR) is 58.6 cm³/mol. The second-order valence-corrected chi connectivity index (χ2v) is 3.40. The van der Waals surface area contributed by atoms with Crippen molar-refractivity contribution in [2.45, 2.75) is 19.9 Å². The van der Waals surface area contributed by atoms with E-state index < -0.39 is 0 Å². The summed E-state index contributed by atoms with van der Waals surface area (Å²) in [4.78, 5) is 0. The maximum atomic E-state index is 13.6. The molecule has 4 nitrogen and oxygen atoms in total. The quantitative estimate of drug-likeness (QED) is 0.851. The Morgan fingerprint density at radius 1 is 1.38 bits per heavy atom. The first kappa shape index (κ1) is 10.8. The van der Waals surface area contributed by atoms with Crippen LogP contribution in [0.1, 0.15) is 18.3 Å². The minimum atomic E-state index is -0.329. The van der Waals surface area contributed by atoms with Crippen LogP contribution in [-0.4, -0.2) is 15.0 Å². The number of nitrogens with zero attached hydrogens (tertiary/aromatic N) is 3. The van der Waals surface area contributed by atoms with Gasteiger partial charge in [0, 0.05) is 6.54 Å². The Hall–Kier alpha value is -1.75. The zero-order valence-corrected chi connectivity index (χ0v) is 9.02. The molecule has 0 fully saturated rings. The number of hydrogen-bond donors (Lipinski definition) is 1. The monoisotopic (exact) mass is 220 g/mol. The standard InChI is InChI=1S/C11H13FN4/c1-2-9-11(7-13)16(15-14-9)10-6-4-3-5-8(10)12/h3-6H,2,7,13H2,1H3. The van der Waals surface area contributed by atoms with E-state index >= 15 is 0 Å². The van der Waals surface area contributed by atoms with Gasteiger partial charge >= 0.3 is 0 Å². The molecule has 0 bridgehead atoms. The van der Waals surface area contributed by atoms with Gasteiger partial charge in [-0.25, -0.2) is 9.07 Å². The van der Waals surface area contributed by atoms with Crippen LogP contribution in [0.5, 0.6) is 0 Å². The Morgan fingerprint density at radius 3 is 2.75 bits per heavy atom. The Morgan fingerprint density at radius 2 is 2.12 bits per heavy atom. The van der Waals surface area contributed by atoms with Crippen molar-refractivity contribution < 1.29 is 4.39 Å². The minimum absolute atomic E-state index is 0.296. The van der Waals surface area contributed by atoms with Crippen molar-refractivity contribution in [3.63, 3.8) is 0 Å². The molecule has 0 aliphatic heterocycles. The maximum absolute atomic E-state index is 13.6. The summed E-state index contributed by atoms with van der Waals surface area (Å²) < 4.78 is 15.0. The number of rotatable bonds is 3. The average molecular weight is 220 g/mol. The van der Waals surface area contributed by atoms with E-state index in [9.17, 15) is 4.39 Å². The number of nitrogens with two attached hydrogens (primary N) is 1. The highest BCUT2D eigenvalue weighted by Gasteiger charge is 2.13. The first-order valence-corrected chi connectivity index (χ1v) is 5.16. The van der Waals surface area contributed by atoms with Gasteiger partial charge in [-0.3, -0.25) is 0 Å². The predicted octanol–water partition coefficient (Wildman–Crippen LogP) is 1.43. The van der Waals surface area contributed by atoms with E-state index in [4.69, 9.17) is 5.73 Å². The van der Waals surface area contributed by atoms with Gasteiger partial charge in [0.2, 0.25) is 0 Å². The van der Waals surface area contributed by atoms with Crippen molar-refractivity contribution >= 4 is 0 Å². The van der Waals surface area contributed by atoms with Gasteiger partial charge in [0.05, 0.1) is 11.4 Å². The van der Waals surface area contributed by atoms with Crippen molar-refractivity contribution in [3.05, 3.63) is 41.5 Å². The SMILES string of the molecule is CCc1nnn(-c2ccccc2F)c1CN. The largest absolute Gasteiger partial charge is 0.325 e. The van der Waals surface area contributed by atoms with Crippen LogP contribution in [0.3, 0.4) is 0 Å². The molecule has 2 aromatic rings. The van der Waals surface area contributed by atoms with E-state index in [-0.39, 0.29) is 5.82 Å². The number of hydrogen-bond acceptors (Lipinski definition) is 3. The van der Waals surface area contributed by atoms with E-state index in [1.807, 2.05) is 6.92 Å². The summed E-state index contributed by atoms with van der Waals surface area (Å²) in [6, 6.07) is 6.44. The van der Waals surface area contributed by atoms with Crippen LogP contribution in [0.2, 0.25) is 0 Å². The van der Waals surface area contributed by atoms with Crippen LogP contribution >= 0.6 is 0 Å². The number of aromatic nitrogens is 3. The lowest BCUT2D eigenvalue weighted by Crippen LogP contribution is -2.09. The van der Waals surface area contributed by atoms with E-state index in [1.165, 1.54) is 10.7 Å². The molecule has 1 aromatic heterocycles. The van der Waals surface area contributed by atoms with Crippen LogP contribution in [0.25, 0.3) is 5.69 Å². The molecule has 0 unspecified atom stereocenters. The van der Waals surface area contributed by atoms with Gasteiger partial charge in [-0.2, -0.15) is 0 Å². The molecule has 0 radical (unpaired) electrons. The Balaban J connectivity index is 2.56.